The topological polar surface area (TPSA) is 56.2 Å². The molecule has 0 amide bonds. The summed E-state index contributed by atoms with van der Waals surface area (Å²) in [4.78, 5) is 17.3. The Balaban J connectivity index is 1.68. The predicted octanol–water partition coefficient (Wildman–Crippen LogP) is 5.19. The Morgan fingerprint density at radius 2 is 2.00 bits per heavy atom. The molecule has 2 atom stereocenters. The Kier molecular flexibility index (Phi) is 3.59. The number of para-hydroxylation sites is 1. The molecule has 0 saturated heterocycles. The minimum absolute atomic E-state index is 0.100. The summed E-state index contributed by atoms with van der Waals surface area (Å²) in [6, 6.07) is 14.9. The van der Waals surface area contributed by atoms with Gasteiger partial charge in [0, 0.05) is 34.4 Å². The zero-order valence-electron chi connectivity index (χ0n) is 17.6. The van der Waals surface area contributed by atoms with Crippen molar-refractivity contribution in [3.8, 4) is 0 Å². The molecule has 0 aliphatic carbocycles. The maximum absolute atomic E-state index is 14.1. The zero-order valence-corrected chi connectivity index (χ0v) is 17.6. The number of rotatable bonds is 1. The average Bonchev–Trinajstić information content (AvgIpc) is 3.09. The fraction of sp³-hybridized carbons (Fsp3) is 0.280. The zero-order chi connectivity index (χ0) is 21.5. The molecule has 6 heteroatoms. The van der Waals surface area contributed by atoms with Crippen LogP contribution in [0.1, 0.15) is 41.6 Å². The largest absolute Gasteiger partial charge is 0.464 e. The molecule has 156 valence electrons. The number of halogens is 1. The Labute approximate surface area is 178 Å². The number of carbonyl (C=O) groups is 1. The fourth-order valence-corrected chi connectivity index (χ4v) is 5.57. The molecule has 2 aliphatic heterocycles. The molecule has 2 unspecified atom stereocenters. The highest BCUT2D eigenvalue weighted by Crippen LogP contribution is 2.53. The van der Waals surface area contributed by atoms with Gasteiger partial charge in [-0.2, -0.15) is 0 Å². The predicted molar refractivity (Wildman–Crippen MR) is 118 cm³/mol. The third-order valence-electron chi connectivity index (χ3n) is 7.16. The van der Waals surface area contributed by atoms with E-state index in [0.29, 0.717) is 5.69 Å². The van der Waals surface area contributed by atoms with Crippen molar-refractivity contribution in [1.82, 2.24) is 9.55 Å². The standard InChI is InChI=1S/C25H22FN3O2/c1-25(2)16-10-13(26)8-9-18(16)27-21-17(25)12-29-20-7-5-4-6-14(20)15-11-19(24(30)31-3)28-22(21)23(15)29/h4-11,17,21,27H,12H2,1-3H3. The molecule has 31 heavy (non-hydrogen) atoms. The van der Waals surface area contributed by atoms with Crippen LogP contribution in [0.25, 0.3) is 21.8 Å². The Morgan fingerprint density at radius 3 is 2.81 bits per heavy atom. The van der Waals surface area contributed by atoms with Gasteiger partial charge in [0.2, 0.25) is 0 Å². The van der Waals surface area contributed by atoms with Gasteiger partial charge in [-0.05, 0) is 41.3 Å². The number of aromatic nitrogens is 2. The molecule has 1 N–H and O–H groups in total. The third kappa shape index (κ3) is 2.36. The normalized spacial score (nSPS) is 20.8. The quantitative estimate of drug-likeness (QED) is 0.435. The highest BCUT2D eigenvalue weighted by molar-refractivity contribution is 6.11. The van der Waals surface area contributed by atoms with Gasteiger partial charge in [-0.25, -0.2) is 14.2 Å². The summed E-state index contributed by atoms with van der Waals surface area (Å²) in [5, 5.41) is 5.71. The van der Waals surface area contributed by atoms with Crippen molar-refractivity contribution in [2.75, 3.05) is 12.4 Å². The van der Waals surface area contributed by atoms with Crippen molar-refractivity contribution in [3.05, 3.63) is 71.3 Å². The molecule has 4 heterocycles. The van der Waals surface area contributed by atoms with Crippen LogP contribution in [0.3, 0.4) is 0 Å². The second kappa shape index (κ2) is 6.06. The monoisotopic (exact) mass is 415 g/mol. The lowest BCUT2D eigenvalue weighted by atomic mass is 9.65. The van der Waals surface area contributed by atoms with E-state index in [2.05, 4.69) is 35.9 Å². The molecule has 2 aromatic heterocycles. The molecule has 6 rings (SSSR count). The van der Waals surface area contributed by atoms with E-state index in [1.165, 1.54) is 13.2 Å². The molecule has 2 aromatic carbocycles. The van der Waals surface area contributed by atoms with Crippen LogP contribution < -0.4 is 5.32 Å². The SMILES string of the molecule is COC(=O)c1cc2c3ccccc3n3c2c(n1)C1Nc2ccc(F)cc2C(C)(C)C1C3. The van der Waals surface area contributed by atoms with E-state index in [-0.39, 0.29) is 23.2 Å². The number of nitrogens with one attached hydrogen (secondary N) is 1. The van der Waals surface area contributed by atoms with Gasteiger partial charge in [-0.1, -0.05) is 32.0 Å². The van der Waals surface area contributed by atoms with Crippen LogP contribution in [0.15, 0.2) is 48.5 Å². The van der Waals surface area contributed by atoms with Crippen molar-refractivity contribution >= 4 is 33.5 Å². The van der Waals surface area contributed by atoms with E-state index >= 15 is 0 Å². The highest BCUT2D eigenvalue weighted by atomic mass is 19.1. The van der Waals surface area contributed by atoms with Gasteiger partial charge in [0.05, 0.1) is 24.4 Å². The average molecular weight is 415 g/mol. The maximum atomic E-state index is 14.1. The van der Waals surface area contributed by atoms with E-state index in [0.717, 1.165) is 45.3 Å². The van der Waals surface area contributed by atoms with Gasteiger partial charge < -0.3 is 14.6 Å². The Bertz CT molecular complexity index is 1410. The molecule has 0 saturated carbocycles. The van der Waals surface area contributed by atoms with Gasteiger partial charge in [0.1, 0.15) is 11.5 Å². The van der Waals surface area contributed by atoms with Gasteiger partial charge in [-0.3, -0.25) is 0 Å². The van der Waals surface area contributed by atoms with Crippen molar-refractivity contribution < 1.29 is 13.9 Å². The van der Waals surface area contributed by atoms with Crippen LogP contribution in [-0.2, 0) is 16.7 Å². The molecular weight excluding hydrogens is 393 g/mol. The van der Waals surface area contributed by atoms with E-state index in [9.17, 15) is 9.18 Å². The molecule has 2 aliphatic rings. The second-order valence-corrected chi connectivity index (χ2v) is 9.05. The summed E-state index contributed by atoms with van der Waals surface area (Å²) in [6.07, 6.45) is 0. The second-order valence-electron chi connectivity index (χ2n) is 9.05. The smallest absolute Gasteiger partial charge is 0.356 e. The van der Waals surface area contributed by atoms with E-state index in [1.807, 2.05) is 18.2 Å². The molecule has 0 bridgehead atoms. The number of ether oxygens (including phenoxy) is 1. The van der Waals surface area contributed by atoms with Crippen molar-refractivity contribution in [1.29, 1.82) is 0 Å². The van der Waals surface area contributed by atoms with E-state index in [4.69, 9.17) is 9.72 Å². The first-order chi connectivity index (χ1) is 14.9. The summed E-state index contributed by atoms with van der Waals surface area (Å²) < 4.78 is 21.4. The molecular formula is C25H22FN3O2. The Hall–Kier alpha value is -3.41. The minimum Gasteiger partial charge on any atom is -0.464 e. The summed E-state index contributed by atoms with van der Waals surface area (Å²) >= 11 is 0. The number of carbonyl (C=O) groups excluding carboxylic acids is 1. The summed E-state index contributed by atoms with van der Waals surface area (Å²) in [5.41, 5.74) is 4.88. The molecule has 0 fully saturated rings. The fourth-order valence-electron chi connectivity index (χ4n) is 5.57. The Morgan fingerprint density at radius 1 is 1.19 bits per heavy atom. The molecule has 0 radical (unpaired) electrons. The molecule has 0 spiro atoms. The third-order valence-corrected chi connectivity index (χ3v) is 7.16. The lowest BCUT2D eigenvalue weighted by Crippen LogP contribution is -2.45. The number of methoxy groups -OCH3 is 1. The van der Waals surface area contributed by atoms with Crippen molar-refractivity contribution in [2.24, 2.45) is 5.92 Å². The van der Waals surface area contributed by atoms with Gasteiger partial charge in [-0.15, -0.1) is 0 Å². The van der Waals surface area contributed by atoms with Gasteiger partial charge >= 0.3 is 5.97 Å². The minimum atomic E-state index is -0.449. The number of fused-ring (bicyclic) bond motifs is 6. The van der Waals surface area contributed by atoms with Crippen LogP contribution in [0.2, 0.25) is 0 Å². The summed E-state index contributed by atoms with van der Waals surface area (Å²) in [7, 11) is 1.37. The number of hydrogen-bond donors (Lipinski definition) is 1. The summed E-state index contributed by atoms with van der Waals surface area (Å²) in [6.45, 7) is 5.11. The number of benzene rings is 2. The van der Waals surface area contributed by atoms with Crippen LogP contribution in [0, 0.1) is 11.7 Å². The van der Waals surface area contributed by atoms with Crippen LogP contribution in [0.4, 0.5) is 10.1 Å². The van der Waals surface area contributed by atoms with Crippen molar-refractivity contribution in [3.63, 3.8) is 0 Å². The number of esters is 1. The van der Waals surface area contributed by atoms with Gasteiger partial charge in [0.25, 0.3) is 0 Å². The van der Waals surface area contributed by atoms with Crippen LogP contribution >= 0.6 is 0 Å². The van der Waals surface area contributed by atoms with E-state index in [1.54, 1.807) is 12.1 Å². The molecule has 5 nitrogen and oxygen atoms in total. The highest BCUT2D eigenvalue weighted by Gasteiger charge is 2.47. The lowest BCUT2D eigenvalue weighted by Gasteiger charge is -2.48. The first kappa shape index (κ1) is 18.4. The first-order valence-electron chi connectivity index (χ1n) is 10.5. The number of anilines is 1. The first-order valence-corrected chi connectivity index (χ1v) is 10.5. The van der Waals surface area contributed by atoms with Gasteiger partial charge in [0.15, 0.2) is 0 Å². The summed E-state index contributed by atoms with van der Waals surface area (Å²) in [5.74, 6) is -0.563. The van der Waals surface area contributed by atoms with E-state index < -0.39 is 5.97 Å². The lowest BCUT2D eigenvalue weighted by molar-refractivity contribution is 0.0593. The maximum Gasteiger partial charge on any atom is 0.356 e. The number of pyridine rings is 1. The van der Waals surface area contributed by atoms with Crippen LogP contribution in [0.5, 0.6) is 0 Å². The van der Waals surface area contributed by atoms with Crippen molar-refractivity contribution in [2.45, 2.75) is 31.8 Å². The number of nitrogens with zero attached hydrogens (tertiary/aromatic N) is 2. The number of hydrogen-bond acceptors (Lipinski definition) is 4. The molecule has 4 aromatic rings. The van der Waals surface area contributed by atoms with Crippen LogP contribution in [-0.4, -0.2) is 22.6 Å².